The van der Waals surface area contributed by atoms with E-state index in [0.717, 1.165) is 12.1 Å². The predicted molar refractivity (Wildman–Crippen MR) is 77.0 cm³/mol. The minimum atomic E-state index is -0.0450. The van der Waals surface area contributed by atoms with Crippen molar-refractivity contribution in [1.29, 1.82) is 0 Å². The van der Waals surface area contributed by atoms with E-state index in [1.807, 2.05) is 12.1 Å². The molecule has 1 aromatic rings. The van der Waals surface area contributed by atoms with E-state index < -0.39 is 0 Å². The summed E-state index contributed by atoms with van der Waals surface area (Å²) in [6, 6.07) is 7.52. The molecule has 0 aromatic heterocycles. The van der Waals surface area contributed by atoms with Gasteiger partial charge < -0.3 is 10.6 Å². The van der Waals surface area contributed by atoms with Crippen molar-refractivity contribution in [3.63, 3.8) is 0 Å². The molecule has 2 N–H and O–H groups in total. The van der Waals surface area contributed by atoms with Crippen molar-refractivity contribution in [2.24, 2.45) is 5.92 Å². The molecule has 18 heavy (non-hydrogen) atoms. The van der Waals surface area contributed by atoms with Crippen LogP contribution in [0.5, 0.6) is 0 Å². The highest BCUT2D eigenvalue weighted by atomic mass is 35.5. The lowest BCUT2D eigenvalue weighted by Gasteiger charge is -2.20. The Morgan fingerprint density at radius 1 is 1.39 bits per heavy atom. The van der Waals surface area contributed by atoms with Gasteiger partial charge in [0, 0.05) is 16.8 Å². The van der Waals surface area contributed by atoms with E-state index in [2.05, 4.69) is 31.4 Å². The molecule has 0 radical (unpaired) electrons. The van der Waals surface area contributed by atoms with E-state index >= 15 is 0 Å². The summed E-state index contributed by atoms with van der Waals surface area (Å²) in [5.41, 5.74) is 0.729. The van der Waals surface area contributed by atoms with Crippen LogP contribution in [-0.4, -0.2) is 18.5 Å². The molecule has 0 aliphatic rings. The van der Waals surface area contributed by atoms with Gasteiger partial charge in [0.15, 0.2) is 0 Å². The first kappa shape index (κ1) is 15.0. The Morgan fingerprint density at radius 3 is 2.67 bits per heavy atom. The third kappa shape index (κ3) is 5.07. The second-order valence-corrected chi connectivity index (χ2v) is 5.13. The first-order valence-electron chi connectivity index (χ1n) is 6.31. The zero-order valence-corrected chi connectivity index (χ0v) is 11.9. The highest BCUT2D eigenvalue weighted by Gasteiger charge is 2.11. The minimum Gasteiger partial charge on any atom is -0.325 e. The van der Waals surface area contributed by atoms with Crippen LogP contribution in [-0.2, 0) is 4.79 Å². The van der Waals surface area contributed by atoms with Crippen LogP contribution in [0.2, 0.25) is 5.02 Å². The van der Waals surface area contributed by atoms with Gasteiger partial charge in [0.05, 0.1) is 6.54 Å². The maximum atomic E-state index is 11.8. The van der Waals surface area contributed by atoms with Crippen LogP contribution in [0, 0.1) is 5.92 Å². The van der Waals surface area contributed by atoms with Gasteiger partial charge in [-0.15, -0.1) is 0 Å². The number of amides is 1. The van der Waals surface area contributed by atoms with Crippen LogP contribution in [0.25, 0.3) is 0 Å². The number of anilines is 1. The van der Waals surface area contributed by atoms with Gasteiger partial charge >= 0.3 is 0 Å². The number of benzene rings is 1. The van der Waals surface area contributed by atoms with Crippen molar-refractivity contribution < 1.29 is 4.79 Å². The first-order chi connectivity index (χ1) is 8.52. The Balaban J connectivity index is 2.42. The minimum absolute atomic E-state index is 0.0450. The number of hydrogen-bond donors (Lipinski definition) is 2. The number of carbonyl (C=O) groups is 1. The molecule has 3 nitrogen and oxygen atoms in total. The van der Waals surface area contributed by atoms with Crippen molar-refractivity contribution >= 4 is 23.2 Å². The summed E-state index contributed by atoms with van der Waals surface area (Å²) in [6.07, 6.45) is 1.02. The molecule has 1 unspecified atom stereocenters. The molecule has 1 aromatic carbocycles. The van der Waals surface area contributed by atoms with Crippen molar-refractivity contribution in [3.05, 3.63) is 29.3 Å². The molecule has 0 fully saturated rings. The second-order valence-electron chi connectivity index (χ2n) is 4.70. The molecular weight excluding hydrogens is 248 g/mol. The van der Waals surface area contributed by atoms with Gasteiger partial charge in [0.1, 0.15) is 0 Å². The SMILES string of the molecule is CCC(NCC(=O)Nc1cccc(Cl)c1)C(C)C. The molecule has 0 spiro atoms. The number of halogens is 1. The van der Waals surface area contributed by atoms with Gasteiger partial charge in [-0.3, -0.25) is 4.79 Å². The number of rotatable bonds is 6. The lowest BCUT2D eigenvalue weighted by Crippen LogP contribution is -2.38. The highest BCUT2D eigenvalue weighted by Crippen LogP contribution is 2.14. The number of carbonyl (C=O) groups excluding carboxylic acids is 1. The van der Waals surface area contributed by atoms with E-state index in [1.54, 1.807) is 12.1 Å². The smallest absolute Gasteiger partial charge is 0.238 e. The van der Waals surface area contributed by atoms with Crippen molar-refractivity contribution in [2.45, 2.75) is 33.2 Å². The zero-order chi connectivity index (χ0) is 13.5. The Morgan fingerprint density at radius 2 is 2.11 bits per heavy atom. The molecule has 1 amide bonds. The standard InChI is InChI=1S/C14H21ClN2O/c1-4-13(10(2)3)16-9-14(18)17-12-7-5-6-11(15)8-12/h5-8,10,13,16H,4,9H2,1-3H3,(H,17,18). The summed E-state index contributed by atoms with van der Waals surface area (Å²) < 4.78 is 0. The summed E-state index contributed by atoms with van der Waals surface area (Å²) in [5.74, 6) is 0.477. The van der Waals surface area contributed by atoms with Gasteiger partial charge in [-0.05, 0) is 30.5 Å². The third-order valence-electron chi connectivity index (χ3n) is 2.88. The Hall–Kier alpha value is -1.06. The van der Waals surface area contributed by atoms with Gasteiger partial charge in [-0.1, -0.05) is 38.4 Å². The fraction of sp³-hybridized carbons (Fsp3) is 0.500. The zero-order valence-electron chi connectivity index (χ0n) is 11.2. The number of nitrogens with one attached hydrogen (secondary N) is 2. The summed E-state index contributed by atoms with van der Waals surface area (Å²) in [6.45, 7) is 6.74. The van der Waals surface area contributed by atoms with Crippen LogP contribution in [0.1, 0.15) is 27.2 Å². The first-order valence-corrected chi connectivity index (χ1v) is 6.69. The molecule has 4 heteroatoms. The largest absolute Gasteiger partial charge is 0.325 e. The normalized spacial score (nSPS) is 12.5. The van der Waals surface area contributed by atoms with Crippen LogP contribution in [0.4, 0.5) is 5.69 Å². The Labute approximate surface area is 114 Å². The van der Waals surface area contributed by atoms with Gasteiger partial charge in [0.2, 0.25) is 5.91 Å². The lowest BCUT2D eigenvalue weighted by molar-refractivity contribution is -0.115. The van der Waals surface area contributed by atoms with E-state index in [-0.39, 0.29) is 5.91 Å². The molecule has 0 bridgehead atoms. The Kier molecular flexibility index (Phi) is 6.16. The Bertz CT molecular complexity index is 393. The van der Waals surface area contributed by atoms with Crippen molar-refractivity contribution in [1.82, 2.24) is 5.32 Å². The summed E-state index contributed by atoms with van der Waals surface area (Å²) in [5, 5.41) is 6.69. The van der Waals surface area contributed by atoms with Crippen LogP contribution in [0.3, 0.4) is 0 Å². The predicted octanol–water partition coefficient (Wildman–Crippen LogP) is 3.30. The fourth-order valence-corrected chi connectivity index (χ4v) is 2.04. The van der Waals surface area contributed by atoms with Crippen molar-refractivity contribution in [2.75, 3.05) is 11.9 Å². The van der Waals surface area contributed by atoms with Crippen LogP contribution < -0.4 is 10.6 Å². The van der Waals surface area contributed by atoms with E-state index in [9.17, 15) is 4.79 Å². The van der Waals surface area contributed by atoms with E-state index in [0.29, 0.717) is 23.5 Å². The number of hydrogen-bond acceptors (Lipinski definition) is 2. The van der Waals surface area contributed by atoms with Gasteiger partial charge in [-0.2, -0.15) is 0 Å². The van der Waals surface area contributed by atoms with Crippen LogP contribution >= 0.6 is 11.6 Å². The van der Waals surface area contributed by atoms with Gasteiger partial charge in [-0.25, -0.2) is 0 Å². The van der Waals surface area contributed by atoms with E-state index in [1.165, 1.54) is 0 Å². The van der Waals surface area contributed by atoms with Crippen LogP contribution in [0.15, 0.2) is 24.3 Å². The molecule has 1 atom stereocenters. The van der Waals surface area contributed by atoms with E-state index in [4.69, 9.17) is 11.6 Å². The maximum Gasteiger partial charge on any atom is 0.238 e. The molecule has 0 heterocycles. The quantitative estimate of drug-likeness (QED) is 0.831. The average molecular weight is 269 g/mol. The highest BCUT2D eigenvalue weighted by molar-refractivity contribution is 6.30. The monoisotopic (exact) mass is 268 g/mol. The molecule has 0 saturated heterocycles. The lowest BCUT2D eigenvalue weighted by atomic mass is 10.0. The third-order valence-corrected chi connectivity index (χ3v) is 3.11. The topological polar surface area (TPSA) is 41.1 Å². The molecule has 1 rings (SSSR count). The second kappa shape index (κ2) is 7.39. The molecule has 0 aliphatic heterocycles. The summed E-state index contributed by atoms with van der Waals surface area (Å²) in [7, 11) is 0. The molecule has 100 valence electrons. The molecule has 0 aliphatic carbocycles. The molecule has 0 saturated carbocycles. The van der Waals surface area contributed by atoms with Crippen molar-refractivity contribution in [3.8, 4) is 0 Å². The average Bonchev–Trinajstić information content (AvgIpc) is 2.29. The maximum absolute atomic E-state index is 11.8. The van der Waals surface area contributed by atoms with Gasteiger partial charge in [0.25, 0.3) is 0 Å². The summed E-state index contributed by atoms with van der Waals surface area (Å²) >= 11 is 5.85. The fourth-order valence-electron chi connectivity index (χ4n) is 1.85. The molecular formula is C14H21ClN2O. The summed E-state index contributed by atoms with van der Waals surface area (Å²) in [4.78, 5) is 11.8.